The van der Waals surface area contributed by atoms with E-state index in [0.29, 0.717) is 17.9 Å². The zero-order valence-corrected chi connectivity index (χ0v) is 10.7. The SMILES string of the molecule is CC(C)(CC(=O)c1ccc(CCl)cc1)OC=O. The van der Waals surface area contributed by atoms with Crippen molar-refractivity contribution >= 4 is 23.9 Å². The van der Waals surface area contributed by atoms with E-state index in [4.69, 9.17) is 16.3 Å². The summed E-state index contributed by atoms with van der Waals surface area (Å²) in [6.45, 7) is 3.77. The minimum absolute atomic E-state index is 0.0574. The Labute approximate surface area is 106 Å². The molecule has 4 heteroatoms. The fourth-order valence-corrected chi connectivity index (χ4v) is 1.62. The maximum absolute atomic E-state index is 11.9. The number of benzene rings is 1. The lowest BCUT2D eigenvalue weighted by atomic mass is 9.97. The molecule has 17 heavy (non-hydrogen) atoms. The quantitative estimate of drug-likeness (QED) is 0.445. The van der Waals surface area contributed by atoms with Crippen LogP contribution in [0.2, 0.25) is 0 Å². The fourth-order valence-electron chi connectivity index (χ4n) is 1.44. The van der Waals surface area contributed by atoms with Crippen molar-refractivity contribution in [2.45, 2.75) is 31.7 Å². The van der Waals surface area contributed by atoms with E-state index in [2.05, 4.69) is 0 Å². The molecule has 0 radical (unpaired) electrons. The van der Waals surface area contributed by atoms with Crippen LogP contribution in [0.4, 0.5) is 0 Å². The summed E-state index contributed by atoms with van der Waals surface area (Å²) >= 11 is 5.66. The molecule has 0 N–H and O–H groups in total. The van der Waals surface area contributed by atoms with Gasteiger partial charge in [-0.05, 0) is 19.4 Å². The molecule has 0 saturated heterocycles. The predicted octanol–water partition coefficient (Wildman–Crippen LogP) is 2.95. The van der Waals surface area contributed by atoms with Crippen LogP contribution in [0.15, 0.2) is 24.3 Å². The molecule has 1 aromatic rings. The van der Waals surface area contributed by atoms with Gasteiger partial charge in [0, 0.05) is 11.4 Å². The number of Topliss-reactive ketones (excluding diaryl/α,β-unsaturated/α-hetero) is 1. The highest BCUT2D eigenvalue weighted by Crippen LogP contribution is 2.17. The summed E-state index contributed by atoms with van der Waals surface area (Å²) in [6, 6.07) is 7.09. The number of carbonyl (C=O) groups is 2. The van der Waals surface area contributed by atoms with Crippen LogP contribution in [-0.4, -0.2) is 17.9 Å². The van der Waals surface area contributed by atoms with Gasteiger partial charge in [-0.15, -0.1) is 11.6 Å². The molecule has 0 saturated carbocycles. The Morgan fingerprint density at radius 2 is 1.94 bits per heavy atom. The smallest absolute Gasteiger partial charge is 0.293 e. The third kappa shape index (κ3) is 4.19. The predicted molar refractivity (Wildman–Crippen MR) is 66.2 cm³/mol. The lowest BCUT2D eigenvalue weighted by Gasteiger charge is -2.21. The molecule has 0 bridgehead atoms. The lowest BCUT2D eigenvalue weighted by Crippen LogP contribution is -2.27. The first-order valence-electron chi connectivity index (χ1n) is 5.28. The molecule has 3 nitrogen and oxygen atoms in total. The van der Waals surface area contributed by atoms with E-state index < -0.39 is 5.60 Å². The van der Waals surface area contributed by atoms with Gasteiger partial charge in [-0.2, -0.15) is 0 Å². The van der Waals surface area contributed by atoms with Gasteiger partial charge in [0.25, 0.3) is 6.47 Å². The summed E-state index contributed by atoms with van der Waals surface area (Å²) in [5.41, 5.74) is 0.789. The molecule has 1 rings (SSSR count). The van der Waals surface area contributed by atoms with Gasteiger partial charge < -0.3 is 4.74 Å². The van der Waals surface area contributed by atoms with Gasteiger partial charge in [-0.3, -0.25) is 9.59 Å². The molecule has 0 aliphatic carbocycles. The molecule has 0 atom stereocenters. The summed E-state index contributed by atoms with van der Waals surface area (Å²) in [7, 11) is 0. The number of hydrogen-bond acceptors (Lipinski definition) is 3. The third-order valence-corrected chi connectivity index (χ3v) is 2.69. The highest BCUT2D eigenvalue weighted by atomic mass is 35.5. The standard InChI is InChI=1S/C13H15ClO3/c1-13(2,17-9-15)7-12(16)11-5-3-10(8-14)4-6-11/h3-6,9H,7-8H2,1-2H3. The van der Waals surface area contributed by atoms with E-state index in [1.54, 1.807) is 26.0 Å². The monoisotopic (exact) mass is 254 g/mol. The number of hydrogen-bond donors (Lipinski definition) is 0. The summed E-state index contributed by atoms with van der Waals surface area (Å²) in [6.07, 6.45) is 0.159. The van der Waals surface area contributed by atoms with E-state index in [-0.39, 0.29) is 12.2 Å². The van der Waals surface area contributed by atoms with E-state index >= 15 is 0 Å². The Morgan fingerprint density at radius 3 is 2.41 bits per heavy atom. The summed E-state index contributed by atoms with van der Waals surface area (Å²) in [5, 5.41) is 0. The first-order chi connectivity index (χ1) is 7.98. The van der Waals surface area contributed by atoms with Gasteiger partial charge in [-0.1, -0.05) is 24.3 Å². The number of ketones is 1. The van der Waals surface area contributed by atoms with Crippen LogP contribution in [0.5, 0.6) is 0 Å². The van der Waals surface area contributed by atoms with Crippen LogP contribution in [-0.2, 0) is 15.4 Å². The minimum Gasteiger partial charge on any atom is -0.461 e. The first-order valence-corrected chi connectivity index (χ1v) is 5.81. The van der Waals surface area contributed by atoms with Gasteiger partial charge in [0.1, 0.15) is 5.60 Å². The Balaban J connectivity index is 2.72. The van der Waals surface area contributed by atoms with Crippen molar-refractivity contribution in [3.05, 3.63) is 35.4 Å². The van der Waals surface area contributed by atoms with E-state index in [9.17, 15) is 9.59 Å². The van der Waals surface area contributed by atoms with Gasteiger partial charge in [-0.25, -0.2) is 0 Å². The average molecular weight is 255 g/mol. The average Bonchev–Trinajstić information content (AvgIpc) is 2.28. The molecule has 0 unspecified atom stereocenters. The molecule has 0 heterocycles. The Morgan fingerprint density at radius 1 is 1.35 bits per heavy atom. The maximum atomic E-state index is 11.9. The second kappa shape index (κ2) is 5.82. The lowest BCUT2D eigenvalue weighted by molar-refractivity contribution is -0.139. The van der Waals surface area contributed by atoms with Crippen LogP contribution in [0.3, 0.4) is 0 Å². The normalized spacial score (nSPS) is 11.0. The molecular weight excluding hydrogens is 240 g/mol. The number of carbonyl (C=O) groups excluding carboxylic acids is 2. The zero-order valence-electron chi connectivity index (χ0n) is 9.90. The summed E-state index contributed by atoms with van der Waals surface area (Å²) in [5.74, 6) is 0.367. The van der Waals surface area contributed by atoms with Gasteiger partial charge in [0.2, 0.25) is 0 Å². The van der Waals surface area contributed by atoms with E-state index in [0.717, 1.165) is 5.56 Å². The van der Waals surface area contributed by atoms with Crippen LogP contribution in [0.1, 0.15) is 36.2 Å². The molecule has 0 aliphatic heterocycles. The van der Waals surface area contributed by atoms with Gasteiger partial charge in [0.15, 0.2) is 5.78 Å². The van der Waals surface area contributed by atoms with E-state index in [1.165, 1.54) is 0 Å². The van der Waals surface area contributed by atoms with Crippen molar-refractivity contribution in [1.29, 1.82) is 0 Å². The second-order valence-electron chi connectivity index (χ2n) is 4.40. The van der Waals surface area contributed by atoms with Crippen molar-refractivity contribution in [3.8, 4) is 0 Å². The molecule has 92 valence electrons. The number of ether oxygens (including phenoxy) is 1. The number of alkyl halides is 1. The van der Waals surface area contributed by atoms with Crippen molar-refractivity contribution in [1.82, 2.24) is 0 Å². The van der Waals surface area contributed by atoms with Crippen LogP contribution in [0, 0.1) is 0 Å². The first kappa shape index (κ1) is 13.7. The molecule has 0 amide bonds. The zero-order chi connectivity index (χ0) is 12.9. The fraction of sp³-hybridized carbons (Fsp3) is 0.385. The molecule has 0 spiro atoms. The van der Waals surface area contributed by atoms with Crippen molar-refractivity contribution < 1.29 is 14.3 Å². The summed E-state index contributed by atoms with van der Waals surface area (Å²) < 4.78 is 4.84. The minimum atomic E-state index is -0.774. The van der Waals surface area contributed by atoms with Crippen molar-refractivity contribution in [2.75, 3.05) is 0 Å². The van der Waals surface area contributed by atoms with Crippen LogP contribution >= 0.6 is 11.6 Å². The molecular formula is C13H15ClO3. The molecule has 0 aliphatic rings. The van der Waals surface area contributed by atoms with Gasteiger partial charge in [0.05, 0.1) is 6.42 Å². The Hall–Kier alpha value is -1.35. The molecule has 1 aromatic carbocycles. The number of rotatable bonds is 6. The molecule has 0 aromatic heterocycles. The maximum Gasteiger partial charge on any atom is 0.293 e. The Bertz CT molecular complexity index is 396. The van der Waals surface area contributed by atoms with Crippen molar-refractivity contribution in [2.24, 2.45) is 0 Å². The molecule has 0 fully saturated rings. The highest BCUT2D eigenvalue weighted by Gasteiger charge is 2.23. The highest BCUT2D eigenvalue weighted by molar-refractivity contribution is 6.17. The summed E-state index contributed by atoms with van der Waals surface area (Å²) in [4.78, 5) is 22.2. The second-order valence-corrected chi connectivity index (χ2v) is 4.67. The third-order valence-electron chi connectivity index (χ3n) is 2.38. The van der Waals surface area contributed by atoms with Crippen LogP contribution in [0.25, 0.3) is 0 Å². The Kier molecular flexibility index (Phi) is 4.70. The van der Waals surface area contributed by atoms with E-state index in [1.807, 2.05) is 12.1 Å². The largest absolute Gasteiger partial charge is 0.461 e. The van der Waals surface area contributed by atoms with Crippen molar-refractivity contribution in [3.63, 3.8) is 0 Å². The topological polar surface area (TPSA) is 43.4 Å². The van der Waals surface area contributed by atoms with Crippen LogP contribution < -0.4 is 0 Å². The van der Waals surface area contributed by atoms with Gasteiger partial charge >= 0.3 is 0 Å². The number of halogens is 1.